The molecule has 0 radical (unpaired) electrons. The fourth-order valence-corrected chi connectivity index (χ4v) is 9.70. The van der Waals surface area contributed by atoms with Gasteiger partial charge in [0, 0.05) is 40.8 Å². The zero-order valence-electron chi connectivity index (χ0n) is 35.2. The van der Waals surface area contributed by atoms with Crippen molar-refractivity contribution in [3.63, 3.8) is 0 Å². The molecule has 58 heavy (non-hydrogen) atoms. The second-order valence-electron chi connectivity index (χ2n) is 17.5. The van der Waals surface area contributed by atoms with E-state index in [0.29, 0.717) is 0 Å². The van der Waals surface area contributed by atoms with Gasteiger partial charge >= 0.3 is 0 Å². The van der Waals surface area contributed by atoms with Crippen LogP contribution < -0.4 is 0 Å². The lowest BCUT2D eigenvalue weighted by Gasteiger charge is -2.08. The highest BCUT2D eigenvalue weighted by Gasteiger charge is 2.22. The molecule has 0 fully saturated rings. The van der Waals surface area contributed by atoms with Gasteiger partial charge in [-0.05, 0) is 77.6 Å². The van der Waals surface area contributed by atoms with Crippen molar-refractivity contribution in [2.24, 2.45) is 0 Å². The first-order chi connectivity index (χ1) is 28.8. The number of rotatable bonds is 2. The molecular formula is C56H66O2. The lowest BCUT2D eigenvalue weighted by Crippen LogP contribution is -1.90. The van der Waals surface area contributed by atoms with Gasteiger partial charge in [0.1, 0.15) is 22.7 Å². The first-order valence-electron chi connectivity index (χ1n) is 23.4. The van der Waals surface area contributed by atoms with Crippen molar-refractivity contribution >= 4 is 32.7 Å². The van der Waals surface area contributed by atoms with E-state index in [4.69, 9.17) is 8.83 Å². The Morgan fingerprint density at radius 3 is 1.05 bits per heavy atom. The Morgan fingerprint density at radius 2 is 0.655 bits per heavy atom. The lowest BCUT2D eigenvalue weighted by atomic mass is 9.95. The van der Waals surface area contributed by atoms with Crippen LogP contribution in [0.5, 0.6) is 0 Å². The van der Waals surface area contributed by atoms with Gasteiger partial charge in [-0.25, -0.2) is 0 Å². The number of benzene rings is 5. The number of aryl methyl sites for hydroxylation is 4. The van der Waals surface area contributed by atoms with Crippen molar-refractivity contribution in [1.82, 2.24) is 0 Å². The third-order valence-corrected chi connectivity index (χ3v) is 13.0. The summed E-state index contributed by atoms with van der Waals surface area (Å²) in [6, 6.07) is 40.7. The van der Waals surface area contributed by atoms with Crippen LogP contribution in [0.4, 0.5) is 0 Å². The normalized spacial score (nSPS) is 17.0. The summed E-state index contributed by atoms with van der Waals surface area (Å²) in [4.78, 5) is 0. The maximum absolute atomic E-state index is 6.76. The lowest BCUT2D eigenvalue weighted by molar-refractivity contribution is 0.511. The first kappa shape index (κ1) is 40.2. The quantitative estimate of drug-likeness (QED) is 0.175. The van der Waals surface area contributed by atoms with Crippen molar-refractivity contribution in [3.05, 3.63) is 132 Å². The van der Waals surface area contributed by atoms with E-state index in [0.717, 1.165) is 48.4 Å². The zero-order chi connectivity index (χ0) is 39.2. The molecule has 1 aliphatic heterocycles. The predicted molar refractivity (Wildman–Crippen MR) is 248 cm³/mol. The Kier molecular flexibility index (Phi) is 14.5. The van der Waals surface area contributed by atoms with Gasteiger partial charge in [-0.1, -0.05) is 200 Å². The van der Waals surface area contributed by atoms with Gasteiger partial charge in [0.25, 0.3) is 0 Å². The molecule has 2 nitrogen and oxygen atoms in total. The van der Waals surface area contributed by atoms with Crippen molar-refractivity contribution < 1.29 is 8.83 Å². The average molecular weight is 771 g/mol. The van der Waals surface area contributed by atoms with Gasteiger partial charge < -0.3 is 8.83 Å². The van der Waals surface area contributed by atoms with E-state index in [9.17, 15) is 0 Å². The summed E-state index contributed by atoms with van der Waals surface area (Å²) in [6.45, 7) is 0. The number of hydrogen-bond acceptors (Lipinski definition) is 2. The van der Waals surface area contributed by atoms with Crippen LogP contribution >= 0.6 is 0 Å². The van der Waals surface area contributed by atoms with E-state index in [1.807, 2.05) is 0 Å². The zero-order valence-corrected chi connectivity index (χ0v) is 35.2. The molecule has 0 unspecified atom stereocenters. The molecule has 2 aliphatic rings. The topological polar surface area (TPSA) is 26.3 Å². The van der Waals surface area contributed by atoms with Crippen LogP contribution in [0.1, 0.15) is 151 Å². The molecule has 0 atom stereocenters. The van der Waals surface area contributed by atoms with E-state index in [2.05, 4.69) is 109 Å². The van der Waals surface area contributed by atoms with Crippen molar-refractivity contribution in [3.8, 4) is 22.3 Å². The van der Waals surface area contributed by atoms with Crippen LogP contribution in [0.3, 0.4) is 0 Å². The summed E-state index contributed by atoms with van der Waals surface area (Å²) in [6.07, 6.45) is 30.7. The van der Waals surface area contributed by atoms with Gasteiger partial charge in [-0.3, -0.25) is 0 Å². The van der Waals surface area contributed by atoms with Gasteiger partial charge in [0.05, 0.1) is 0 Å². The molecule has 7 aromatic rings. The highest BCUT2D eigenvalue weighted by molar-refractivity contribution is 6.07. The molecule has 0 amide bonds. The second kappa shape index (κ2) is 20.9. The van der Waals surface area contributed by atoms with Gasteiger partial charge in [-0.2, -0.15) is 0 Å². The molecule has 0 saturated carbocycles. The van der Waals surface area contributed by atoms with E-state index in [1.165, 1.54) is 183 Å². The summed E-state index contributed by atoms with van der Waals surface area (Å²) < 4.78 is 13.5. The minimum Gasteiger partial charge on any atom is -0.460 e. The molecule has 0 spiro atoms. The Labute approximate surface area is 348 Å². The SMILES string of the molecule is c1ccc(-c2c3oc4cc5oc(c(-c6ccccc6)c5cc24)CCCCCCCCCCCCc2ccc4ccc(cc4c2)CCCCCCCCCCCC3)cc1. The van der Waals surface area contributed by atoms with Gasteiger partial charge in [0.15, 0.2) is 0 Å². The Bertz CT molecular complexity index is 2150. The van der Waals surface area contributed by atoms with Crippen LogP contribution in [0.15, 0.2) is 118 Å². The Hall–Kier alpha value is -4.56. The molecule has 0 N–H and O–H groups in total. The van der Waals surface area contributed by atoms with E-state index >= 15 is 0 Å². The molecule has 5 aromatic carbocycles. The monoisotopic (exact) mass is 771 g/mol. The summed E-state index contributed by atoms with van der Waals surface area (Å²) in [7, 11) is 0. The third kappa shape index (κ3) is 10.5. The summed E-state index contributed by atoms with van der Waals surface area (Å²) in [5.41, 5.74) is 9.92. The predicted octanol–water partition coefficient (Wildman–Crippen LogP) is 17.4. The number of furan rings is 2. The van der Waals surface area contributed by atoms with Crippen molar-refractivity contribution in [1.29, 1.82) is 0 Å². The summed E-state index contributed by atoms with van der Waals surface area (Å²) in [5, 5.41) is 5.23. The standard InChI is InChI=1S/C56H66O2/c1-3-7-11-15-25-33-51-55(46-29-21-17-22-30-46)49-41-50-54(42-53(49)57-51)58-52(56(50)47-31-23-18-24-32-47)34-26-16-12-8-4-2-6-10-14-20-28-44-36-38-45-37-35-43(39-48(45)40-44)27-19-13-9-5-1/h17-18,21-24,29-32,35-42H,1-16,19-20,25-28,33-34H2. The van der Waals surface area contributed by atoms with Crippen LogP contribution in [0.2, 0.25) is 0 Å². The van der Waals surface area contributed by atoms with E-state index in [1.54, 1.807) is 0 Å². The van der Waals surface area contributed by atoms with Crippen LogP contribution in [-0.4, -0.2) is 0 Å². The first-order valence-corrected chi connectivity index (χ1v) is 23.4. The molecule has 2 aromatic heterocycles. The van der Waals surface area contributed by atoms with Crippen molar-refractivity contribution in [2.45, 2.75) is 154 Å². The fraction of sp³-hybridized carbons (Fsp3) is 0.429. The maximum atomic E-state index is 6.76. The molecule has 0 saturated heterocycles. The molecule has 302 valence electrons. The third-order valence-electron chi connectivity index (χ3n) is 13.0. The molecule has 9 bridgehead atoms. The smallest absolute Gasteiger partial charge is 0.138 e. The minimum absolute atomic E-state index is 0.944. The number of hydrogen-bond donors (Lipinski definition) is 0. The largest absolute Gasteiger partial charge is 0.460 e. The van der Waals surface area contributed by atoms with Gasteiger partial charge in [0.2, 0.25) is 0 Å². The average Bonchev–Trinajstić information content (AvgIpc) is 3.80. The van der Waals surface area contributed by atoms with Crippen LogP contribution in [0.25, 0.3) is 55.0 Å². The maximum Gasteiger partial charge on any atom is 0.138 e. The molecule has 9 rings (SSSR count). The number of fused-ring (bicyclic) bond motifs is 22. The molecule has 2 heteroatoms. The fourth-order valence-electron chi connectivity index (χ4n) is 9.70. The molecule has 1 aliphatic carbocycles. The Morgan fingerprint density at radius 1 is 0.293 bits per heavy atom. The molecular weight excluding hydrogens is 705 g/mol. The summed E-state index contributed by atoms with van der Waals surface area (Å²) >= 11 is 0. The van der Waals surface area contributed by atoms with Crippen molar-refractivity contribution in [2.75, 3.05) is 0 Å². The second-order valence-corrected chi connectivity index (χ2v) is 17.5. The Balaban J connectivity index is 0.947. The van der Waals surface area contributed by atoms with E-state index < -0.39 is 0 Å². The van der Waals surface area contributed by atoms with Crippen LogP contribution in [-0.2, 0) is 25.7 Å². The molecule has 3 heterocycles. The highest BCUT2D eigenvalue weighted by atomic mass is 16.3. The van der Waals surface area contributed by atoms with Gasteiger partial charge in [-0.15, -0.1) is 0 Å². The van der Waals surface area contributed by atoms with E-state index in [-0.39, 0.29) is 0 Å². The summed E-state index contributed by atoms with van der Waals surface area (Å²) in [5.74, 6) is 2.24. The highest BCUT2D eigenvalue weighted by Crippen LogP contribution is 2.43. The minimum atomic E-state index is 0.944. The van der Waals surface area contributed by atoms with Crippen LogP contribution in [0, 0.1) is 0 Å².